The predicted octanol–water partition coefficient (Wildman–Crippen LogP) is 2.89. The molecule has 2 heteroatoms. The zero-order chi connectivity index (χ0) is 12.6. The van der Waals surface area contributed by atoms with Crippen molar-refractivity contribution in [3.63, 3.8) is 0 Å². The fourth-order valence-corrected chi connectivity index (χ4v) is 3.91. The standard InChI is InChI=1S/C16H23NO/c1-12-11-17-15(13-7-3-2-4-8-13)14-9-5-6-10-16(12,14)18/h2-4,7-8,12,14-15,17-18H,5-6,9-11H2,1H3/t12-,14-,15-,16-/m1/s1. The average molecular weight is 245 g/mol. The van der Waals surface area contributed by atoms with E-state index < -0.39 is 5.60 Å². The molecule has 0 unspecified atom stereocenters. The molecule has 1 aliphatic heterocycles. The van der Waals surface area contributed by atoms with Crippen LogP contribution in [0.15, 0.2) is 30.3 Å². The molecule has 1 saturated carbocycles. The second-order valence-electron chi connectivity index (χ2n) is 6.04. The zero-order valence-electron chi connectivity index (χ0n) is 11.1. The van der Waals surface area contributed by atoms with Gasteiger partial charge in [0.25, 0.3) is 0 Å². The maximum absolute atomic E-state index is 11.1. The lowest BCUT2D eigenvalue weighted by molar-refractivity contribution is -0.121. The quantitative estimate of drug-likeness (QED) is 0.797. The molecule has 1 saturated heterocycles. The van der Waals surface area contributed by atoms with Gasteiger partial charge in [-0.3, -0.25) is 0 Å². The Morgan fingerprint density at radius 1 is 1.22 bits per heavy atom. The summed E-state index contributed by atoms with van der Waals surface area (Å²) in [6, 6.07) is 10.9. The van der Waals surface area contributed by atoms with E-state index in [-0.39, 0.29) is 0 Å². The molecule has 0 amide bonds. The Balaban J connectivity index is 1.92. The highest BCUT2D eigenvalue weighted by molar-refractivity contribution is 5.22. The number of aliphatic hydroxyl groups is 1. The summed E-state index contributed by atoms with van der Waals surface area (Å²) in [5.41, 5.74) is 0.874. The second kappa shape index (κ2) is 4.67. The number of rotatable bonds is 1. The predicted molar refractivity (Wildman–Crippen MR) is 73.3 cm³/mol. The molecule has 3 rings (SSSR count). The van der Waals surface area contributed by atoms with Gasteiger partial charge in [0.15, 0.2) is 0 Å². The van der Waals surface area contributed by atoms with E-state index in [9.17, 15) is 5.11 Å². The van der Waals surface area contributed by atoms with E-state index in [4.69, 9.17) is 0 Å². The van der Waals surface area contributed by atoms with Crippen LogP contribution in [-0.2, 0) is 0 Å². The first kappa shape index (κ1) is 12.2. The zero-order valence-corrected chi connectivity index (χ0v) is 11.1. The van der Waals surface area contributed by atoms with Gasteiger partial charge in [-0.25, -0.2) is 0 Å². The van der Waals surface area contributed by atoms with Gasteiger partial charge in [0.2, 0.25) is 0 Å². The molecule has 2 aliphatic rings. The third-order valence-corrected chi connectivity index (χ3v) is 5.04. The molecule has 1 aromatic carbocycles. The van der Waals surface area contributed by atoms with Crippen molar-refractivity contribution in [1.82, 2.24) is 5.32 Å². The Bertz CT molecular complexity index is 405. The van der Waals surface area contributed by atoms with Gasteiger partial charge in [-0.15, -0.1) is 0 Å². The molecule has 1 aromatic rings. The highest BCUT2D eigenvalue weighted by Gasteiger charge is 2.49. The van der Waals surface area contributed by atoms with Gasteiger partial charge in [-0.05, 0) is 24.3 Å². The first-order valence-electron chi connectivity index (χ1n) is 7.22. The van der Waals surface area contributed by atoms with Crippen LogP contribution in [0.1, 0.15) is 44.2 Å². The van der Waals surface area contributed by atoms with Crippen LogP contribution in [0.4, 0.5) is 0 Å². The largest absolute Gasteiger partial charge is 0.389 e. The molecule has 0 aromatic heterocycles. The number of hydrogen-bond donors (Lipinski definition) is 2. The molecule has 98 valence electrons. The Labute approximate surface area is 109 Å². The minimum absolute atomic E-state index is 0.327. The maximum Gasteiger partial charge on any atom is 0.0731 e. The van der Waals surface area contributed by atoms with Crippen LogP contribution in [-0.4, -0.2) is 17.3 Å². The van der Waals surface area contributed by atoms with E-state index >= 15 is 0 Å². The topological polar surface area (TPSA) is 32.3 Å². The van der Waals surface area contributed by atoms with Gasteiger partial charge in [-0.1, -0.05) is 50.1 Å². The van der Waals surface area contributed by atoms with E-state index in [2.05, 4.69) is 42.6 Å². The van der Waals surface area contributed by atoms with Gasteiger partial charge in [0, 0.05) is 18.5 Å². The minimum Gasteiger partial charge on any atom is -0.389 e. The van der Waals surface area contributed by atoms with Gasteiger partial charge in [0.05, 0.1) is 5.60 Å². The first-order chi connectivity index (χ1) is 8.72. The van der Waals surface area contributed by atoms with Crippen molar-refractivity contribution >= 4 is 0 Å². The Hall–Kier alpha value is -0.860. The molecule has 1 heterocycles. The Kier molecular flexibility index (Phi) is 3.16. The molecule has 0 spiro atoms. The summed E-state index contributed by atoms with van der Waals surface area (Å²) in [6.07, 6.45) is 4.56. The van der Waals surface area contributed by atoms with Crippen molar-refractivity contribution < 1.29 is 5.11 Å². The van der Waals surface area contributed by atoms with E-state index in [1.165, 1.54) is 18.4 Å². The monoisotopic (exact) mass is 245 g/mol. The SMILES string of the molecule is C[C@@H]1CN[C@H](c2ccccc2)[C@H]2CCCC[C@@]12O. The fourth-order valence-electron chi connectivity index (χ4n) is 3.91. The molecule has 0 radical (unpaired) electrons. The van der Waals surface area contributed by atoms with Crippen LogP contribution in [0.3, 0.4) is 0 Å². The number of fused-ring (bicyclic) bond motifs is 1. The molecule has 2 nitrogen and oxygen atoms in total. The summed E-state index contributed by atoms with van der Waals surface area (Å²) < 4.78 is 0. The number of benzene rings is 1. The summed E-state index contributed by atoms with van der Waals surface area (Å²) >= 11 is 0. The molecule has 4 atom stereocenters. The molecule has 2 fully saturated rings. The van der Waals surface area contributed by atoms with Gasteiger partial charge < -0.3 is 10.4 Å². The third-order valence-electron chi connectivity index (χ3n) is 5.04. The van der Waals surface area contributed by atoms with Crippen LogP contribution in [0.2, 0.25) is 0 Å². The highest BCUT2D eigenvalue weighted by atomic mass is 16.3. The van der Waals surface area contributed by atoms with E-state index in [0.717, 1.165) is 19.4 Å². The Morgan fingerprint density at radius 3 is 2.78 bits per heavy atom. The number of nitrogens with one attached hydrogen (secondary N) is 1. The summed E-state index contributed by atoms with van der Waals surface area (Å²) in [5, 5.41) is 14.7. The van der Waals surface area contributed by atoms with Gasteiger partial charge in [-0.2, -0.15) is 0 Å². The summed E-state index contributed by atoms with van der Waals surface area (Å²) in [5.74, 6) is 0.736. The van der Waals surface area contributed by atoms with Crippen LogP contribution in [0, 0.1) is 11.8 Å². The summed E-state index contributed by atoms with van der Waals surface area (Å²) in [7, 11) is 0. The first-order valence-corrected chi connectivity index (χ1v) is 7.22. The number of hydrogen-bond acceptors (Lipinski definition) is 2. The lowest BCUT2D eigenvalue weighted by Crippen LogP contribution is -2.58. The average Bonchev–Trinajstić information content (AvgIpc) is 2.41. The van der Waals surface area contributed by atoms with Crippen molar-refractivity contribution in [3.05, 3.63) is 35.9 Å². The molecular formula is C16H23NO. The molecule has 2 N–H and O–H groups in total. The lowest BCUT2D eigenvalue weighted by Gasteiger charge is -2.52. The number of piperidine rings is 1. The fraction of sp³-hybridized carbons (Fsp3) is 0.625. The van der Waals surface area contributed by atoms with Crippen molar-refractivity contribution in [2.45, 2.75) is 44.2 Å². The molecular weight excluding hydrogens is 222 g/mol. The van der Waals surface area contributed by atoms with E-state index in [1.54, 1.807) is 0 Å². The molecule has 1 aliphatic carbocycles. The highest BCUT2D eigenvalue weighted by Crippen LogP contribution is 2.47. The van der Waals surface area contributed by atoms with Crippen LogP contribution in [0.5, 0.6) is 0 Å². The second-order valence-corrected chi connectivity index (χ2v) is 6.04. The van der Waals surface area contributed by atoms with Crippen molar-refractivity contribution in [1.29, 1.82) is 0 Å². The van der Waals surface area contributed by atoms with E-state index in [0.29, 0.717) is 17.9 Å². The lowest BCUT2D eigenvalue weighted by atomic mass is 9.63. The van der Waals surface area contributed by atoms with Crippen LogP contribution >= 0.6 is 0 Å². The van der Waals surface area contributed by atoms with Gasteiger partial charge in [0.1, 0.15) is 0 Å². The normalized spacial score (nSPS) is 40.2. The van der Waals surface area contributed by atoms with Crippen LogP contribution < -0.4 is 5.32 Å². The minimum atomic E-state index is -0.454. The molecule has 0 bridgehead atoms. The third kappa shape index (κ3) is 1.88. The summed E-state index contributed by atoms with van der Waals surface area (Å²) in [6.45, 7) is 3.11. The van der Waals surface area contributed by atoms with Crippen molar-refractivity contribution in [3.8, 4) is 0 Å². The van der Waals surface area contributed by atoms with Crippen LogP contribution in [0.25, 0.3) is 0 Å². The van der Waals surface area contributed by atoms with Crippen molar-refractivity contribution in [2.24, 2.45) is 11.8 Å². The maximum atomic E-state index is 11.1. The smallest absolute Gasteiger partial charge is 0.0731 e. The summed E-state index contributed by atoms with van der Waals surface area (Å²) in [4.78, 5) is 0. The Morgan fingerprint density at radius 2 is 2.00 bits per heavy atom. The van der Waals surface area contributed by atoms with Gasteiger partial charge >= 0.3 is 0 Å². The molecule has 18 heavy (non-hydrogen) atoms. The van der Waals surface area contributed by atoms with E-state index in [1.807, 2.05) is 0 Å². The van der Waals surface area contributed by atoms with Crippen molar-refractivity contribution in [2.75, 3.05) is 6.54 Å².